The molecule has 1 aromatic carbocycles. The highest BCUT2D eigenvalue weighted by molar-refractivity contribution is 6.03. The summed E-state index contributed by atoms with van der Waals surface area (Å²) >= 11 is 0. The maximum Gasteiger partial charge on any atom is 0.273 e. The number of benzene rings is 1. The zero-order valence-corrected chi connectivity index (χ0v) is 15.4. The number of amides is 2. The lowest BCUT2D eigenvalue weighted by Crippen LogP contribution is -2.22. The summed E-state index contributed by atoms with van der Waals surface area (Å²) in [6, 6.07) is 6.07. The van der Waals surface area contributed by atoms with Gasteiger partial charge in [0.15, 0.2) is 23.1 Å². The Balaban J connectivity index is 2.02. The van der Waals surface area contributed by atoms with E-state index in [9.17, 15) is 9.59 Å². The zero-order valence-electron chi connectivity index (χ0n) is 18.4. The number of nitrogens with zero attached hydrogens (tertiary/aromatic N) is 3. The molecule has 0 aliphatic heterocycles. The normalized spacial score (nSPS) is 15.5. The fourth-order valence-electron chi connectivity index (χ4n) is 2.60. The lowest BCUT2D eigenvalue weighted by molar-refractivity contribution is -0.117. The average Bonchev–Trinajstić information content (AvgIpc) is 3.57. The molecule has 11 heteroatoms. The van der Waals surface area contributed by atoms with Crippen molar-refractivity contribution in [3.63, 3.8) is 0 Å². The van der Waals surface area contributed by atoms with E-state index in [1.807, 2.05) is 5.32 Å². The molecule has 2 aromatic rings. The molecule has 6 N–H and O–H groups in total. The largest absolute Gasteiger partial charge is 0.494 e. The smallest absolute Gasteiger partial charge is 0.273 e. The quantitative estimate of drug-likeness (QED) is 0.198. The third-order valence-electron chi connectivity index (χ3n) is 4.19. The predicted molar refractivity (Wildman–Crippen MR) is 106 cm³/mol. The van der Waals surface area contributed by atoms with Gasteiger partial charge in [0.2, 0.25) is 5.91 Å². The number of hydrogen-bond acceptors (Lipinski definition) is 8. The second kappa shape index (κ2) is 8.42. The number of nitrogens with two attached hydrogens (primary N) is 1. The van der Waals surface area contributed by atoms with Crippen LogP contribution in [-0.4, -0.2) is 47.1 Å². The van der Waals surface area contributed by atoms with Gasteiger partial charge >= 0.3 is 0 Å². The van der Waals surface area contributed by atoms with Gasteiger partial charge in [-0.3, -0.25) is 9.59 Å². The van der Waals surface area contributed by atoms with Crippen LogP contribution < -0.4 is 26.4 Å². The molecular weight excluding hydrogens is 378 g/mol. The first-order valence-electron chi connectivity index (χ1n) is 10.1. The zero-order chi connectivity index (χ0) is 23.5. The third kappa shape index (κ3) is 4.34. The molecule has 3 rings (SSSR count). The maximum absolute atomic E-state index is 12.5. The van der Waals surface area contributed by atoms with Crippen molar-refractivity contribution in [3.05, 3.63) is 35.5 Å². The Bertz CT molecular complexity index is 1070. The molecule has 1 saturated carbocycles. The Kier molecular flexibility index (Phi) is 4.67. The lowest BCUT2D eigenvalue weighted by Gasteiger charge is -2.16. The van der Waals surface area contributed by atoms with Gasteiger partial charge < -0.3 is 31.6 Å². The first-order chi connectivity index (χ1) is 15.1. The Hall–Kier alpha value is -3.89. The SMILES string of the molecule is [2H]C([2H])([2H])NC(=O)c1nnc(NC(=O)C2CC2)cc1Nc1cccc(C(N)=NO)c1OC. The van der Waals surface area contributed by atoms with Crippen LogP contribution in [0.1, 0.15) is 33.0 Å². The fourth-order valence-corrected chi connectivity index (χ4v) is 2.60. The van der Waals surface area contributed by atoms with Crippen molar-refractivity contribution >= 4 is 34.8 Å². The topological polar surface area (TPSA) is 164 Å². The van der Waals surface area contributed by atoms with Gasteiger partial charge in [-0.1, -0.05) is 11.2 Å². The van der Waals surface area contributed by atoms with Crippen LogP contribution in [0.5, 0.6) is 5.75 Å². The Morgan fingerprint density at radius 3 is 2.79 bits per heavy atom. The molecule has 0 spiro atoms. The highest BCUT2D eigenvalue weighted by atomic mass is 16.5. The molecule has 0 bridgehead atoms. The highest BCUT2D eigenvalue weighted by Gasteiger charge is 2.30. The van der Waals surface area contributed by atoms with Gasteiger partial charge in [0.1, 0.15) is 0 Å². The van der Waals surface area contributed by atoms with Crippen molar-refractivity contribution in [2.75, 3.05) is 24.7 Å². The number of nitrogens with one attached hydrogen (secondary N) is 3. The molecule has 29 heavy (non-hydrogen) atoms. The van der Waals surface area contributed by atoms with Gasteiger partial charge in [0, 0.05) is 23.1 Å². The Morgan fingerprint density at radius 2 is 2.14 bits per heavy atom. The van der Waals surface area contributed by atoms with Crippen LogP contribution >= 0.6 is 0 Å². The minimum atomic E-state index is -2.75. The van der Waals surface area contributed by atoms with Crippen molar-refractivity contribution < 1.29 is 23.6 Å². The van der Waals surface area contributed by atoms with Crippen molar-refractivity contribution in [2.24, 2.45) is 16.8 Å². The van der Waals surface area contributed by atoms with E-state index in [4.69, 9.17) is 19.8 Å². The second-order valence-corrected chi connectivity index (χ2v) is 6.21. The Morgan fingerprint density at radius 1 is 1.34 bits per heavy atom. The van der Waals surface area contributed by atoms with E-state index < -0.39 is 12.9 Å². The van der Waals surface area contributed by atoms with Gasteiger partial charge in [-0.05, 0) is 25.0 Å². The minimum Gasteiger partial charge on any atom is -0.494 e. The summed E-state index contributed by atoms with van der Waals surface area (Å²) in [4.78, 5) is 24.6. The fraction of sp³-hybridized carbons (Fsp3) is 0.278. The number of para-hydroxylation sites is 1. The number of oxime groups is 1. The minimum absolute atomic E-state index is 0.0443. The van der Waals surface area contributed by atoms with Crippen LogP contribution in [0, 0.1) is 5.92 Å². The van der Waals surface area contributed by atoms with E-state index in [-0.39, 0.29) is 46.2 Å². The van der Waals surface area contributed by atoms with Crippen LogP contribution in [0.15, 0.2) is 29.4 Å². The van der Waals surface area contributed by atoms with Gasteiger partial charge in [-0.2, -0.15) is 0 Å². The number of carbonyl (C=O) groups is 2. The first-order valence-corrected chi connectivity index (χ1v) is 8.56. The molecule has 1 fully saturated rings. The molecule has 2 amide bonds. The molecule has 1 aliphatic rings. The van der Waals surface area contributed by atoms with Crippen molar-refractivity contribution in [2.45, 2.75) is 12.8 Å². The molecule has 0 unspecified atom stereocenters. The summed E-state index contributed by atoms with van der Waals surface area (Å²) in [5.41, 5.74) is 5.96. The highest BCUT2D eigenvalue weighted by Crippen LogP contribution is 2.33. The molecule has 11 nitrogen and oxygen atoms in total. The molecule has 1 aromatic heterocycles. The number of aromatic nitrogens is 2. The van der Waals surface area contributed by atoms with Gasteiger partial charge in [0.05, 0.1) is 24.0 Å². The summed E-state index contributed by atoms with van der Waals surface area (Å²) < 4.78 is 27.1. The summed E-state index contributed by atoms with van der Waals surface area (Å²) in [5, 5.41) is 27.0. The van der Waals surface area contributed by atoms with E-state index in [2.05, 4.69) is 26.0 Å². The number of rotatable bonds is 7. The van der Waals surface area contributed by atoms with E-state index in [0.717, 1.165) is 12.8 Å². The third-order valence-corrected chi connectivity index (χ3v) is 4.19. The van der Waals surface area contributed by atoms with Gasteiger partial charge in [-0.15, -0.1) is 10.2 Å². The van der Waals surface area contributed by atoms with E-state index in [1.54, 1.807) is 18.2 Å². The first kappa shape index (κ1) is 16.1. The summed E-state index contributed by atoms with van der Waals surface area (Å²) in [6.45, 7) is -2.75. The molecule has 1 aliphatic carbocycles. The lowest BCUT2D eigenvalue weighted by atomic mass is 10.1. The Labute approximate surface area is 170 Å². The predicted octanol–water partition coefficient (Wildman–Crippen LogP) is 1.03. The van der Waals surface area contributed by atoms with Crippen LogP contribution in [0.25, 0.3) is 0 Å². The standard InChI is InChI=1S/C18H21N7O4/c1-20-18(27)14-12(8-13(23-24-14)22-17(26)9-6-7-9)21-11-5-3-4-10(15(11)29-2)16(19)25-28/h3-5,8-9,28H,6-7H2,1-2H3,(H2,19,25)(H,20,27)(H2,21,22,23,26)/i1D3. The number of carbonyl (C=O) groups excluding carboxylic acids is 2. The molecule has 152 valence electrons. The van der Waals surface area contributed by atoms with Crippen LogP contribution in [-0.2, 0) is 4.79 Å². The monoisotopic (exact) mass is 402 g/mol. The van der Waals surface area contributed by atoms with Gasteiger partial charge in [-0.25, -0.2) is 0 Å². The summed E-state index contributed by atoms with van der Waals surface area (Å²) in [6.07, 6.45) is 1.56. The number of hydrogen-bond donors (Lipinski definition) is 5. The van der Waals surface area contributed by atoms with Gasteiger partial charge in [0.25, 0.3) is 5.91 Å². The number of anilines is 3. The van der Waals surface area contributed by atoms with E-state index >= 15 is 0 Å². The van der Waals surface area contributed by atoms with E-state index in [0.29, 0.717) is 5.69 Å². The van der Waals surface area contributed by atoms with Crippen LogP contribution in [0.3, 0.4) is 0 Å². The molecule has 0 saturated heterocycles. The number of amidine groups is 1. The second-order valence-electron chi connectivity index (χ2n) is 6.21. The molecule has 0 radical (unpaired) electrons. The molecule has 1 heterocycles. The number of ether oxygens (including phenoxy) is 1. The van der Waals surface area contributed by atoms with Crippen LogP contribution in [0.4, 0.5) is 17.2 Å². The molecule has 0 atom stereocenters. The van der Waals surface area contributed by atoms with Crippen molar-refractivity contribution in [1.82, 2.24) is 15.5 Å². The van der Waals surface area contributed by atoms with Crippen LogP contribution in [0.2, 0.25) is 0 Å². The summed E-state index contributed by atoms with van der Waals surface area (Å²) in [5.74, 6) is -1.28. The average molecular weight is 402 g/mol. The summed E-state index contributed by atoms with van der Waals surface area (Å²) in [7, 11) is 1.36. The van der Waals surface area contributed by atoms with E-state index in [1.165, 1.54) is 13.2 Å². The van der Waals surface area contributed by atoms with Crippen molar-refractivity contribution in [1.29, 1.82) is 0 Å². The van der Waals surface area contributed by atoms with Crippen molar-refractivity contribution in [3.8, 4) is 5.75 Å². The maximum atomic E-state index is 12.5. The number of methoxy groups -OCH3 is 1. The molecular formula is C18H21N7O4.